The van der Waals surface area contributed by atoms with Gasteiger partial charge >= 0.3 is 0 Å². The molecule has 1 aromatic carbocycles. The van der Waals surface area contributed by atoms with Crippen molar-refractivity contribution in [1.82, 2.24) is 0 Å². The van der Waals surface area contributed by atoms with Gasteiger partial charge in [0, 0.05) is 12.5 Å². The van der Waals surface area contributed by atoms with Crippen LogP contribution in [0, 0.1) is 0 Å². The highest BCUT2D eigenvalue weighted by Gasteiger charge is 2.29. The van der Waals surface area contributed by atoms with Crippen molar-refractivity contribution in [2.45, 2.75) is 12.3 Å². The Morgan fingerprint density at radius 2 is 2.07 bits per heavy atom. The smallest absolute Gasteiger partial charge is 0.152 e. The van der Waals surface area contributed by atoms with E-state index in [0.717, 1.165) is 6.42 Å². The van der Waals surface area contributed by atoms with Crippen molar-refractivity contribution in [1.29, 1.82) is 0 Å². The highest BCUT2D eigenvalue weighted by atomic mass is 32.2. The summed E-state index contributed by atoms with van der Waals surface area (Å²) in [6, 6.07) is 8.02. The maximum Gasteiger partial charge on any atom is 0.152 e. The van der Waals surface area contributed by atoms with Crippen molar-refractivity contribution in [3.63, 3.8) is 0 Å². The average molecular weight is 225 g/mol. The molecule has 0 saturated heterocycles. The van der Waals surface area contributed by atoms with Gasteiger partial charge in [-0.25, -0.2) is 8.42 Å². The van der Waals surface area contributed by atoms with Gasteiger partial charge in [0.2, 0.25) is 0 Å². The number of hydrogen-bond acceptors (Lipinski definition) is 3. The Bertz CT molecular complexity index is 453. The molecule has 2 N–H and O–H groups in total. The van der Waals surface area contributed by atoms with E-state index < -0.39 is 9.84 Å². The van der Waals surface area contributed by atoms with Gasteiger partial charge in [0.25, 0.3) is 0 Å². The van der Waals surface area contributed by atoms with Crippen LogP contribution in [0.4, 0.5) is 0 Å². The van der Waals surface area contributed by atoms with E-state index >= 15 is 0 Å². The molecule has 1 aliphatic carbocycles. The van der Waals surface area contributed by atoms with Crippen LogP contribution >= 0.6 is 0 Å². The molecule has 0 radical (unpaired) electrons. The van der Waals surface area contributed by atoms with Crippen molar-refractivity contribution >= 4 is 9.84 Å². The van der Waals surface area contributed by atoms with Crippen LogP contribution in [-0.2, 0) is 16.3 Å². The molecule has 15 heavy (non-hydrogen) atoms. The Kier molecular flexibility index (Phi) is 2.80. The van der Waals surface area contributed by atoms with Gasteiger partial charge in [-0.1, -0.05) is 24.3 Å². The Balaban J connectivity index is 2.07. The lowest BCUT2D eigenvalue weighted by Gasteiger charge is -2.29. The third-order valence-electron chi connectivity index (χ3n) is 2.85. The van der Waals surface area contributed by atoms with Crippen LogP contribution in [0.2, 0.25) is 0 Å². The average Bonchev–Trinajstić information content (AvgIpc) is 2.14. The lowest BCUT2D eigenvalue weighted by molar-refractivity contribution is 0.577. The molecule has 3 nitrogen and oxygen atoms in total. The van der Waals surface area contributed by atoms with Crippen LogP contribution in [0.15, 0.2) is 24.3 Å². The molecule has 0 aromatic heterocycles. The fraction of sp³-hybridized carbons (Fsp3) is 0.455. The SMILES string of the molecule is NCCS(=O)(=O)CC1Cc2ccccc21. The van der Waals surface area contributed by atoms with E-state index in [1.54, 1.807) is 0 Å². The minimum atomic E-state index is -2.96. The topological polar surface area (TPSA) is 60.2 Å². The highest BCUT2D eigenvalue weighted by molar-refractivity contribution is 7.91. The summed E-state index contributed by atoms with van der Waals surface area (Å²) >= 11 is 0. The Labute approximate surface area is 90.2 Å². The molecule has 0 aliphatic heterocycles. The van der Waals surface area contributed by atoms with Gasteiger partial charge in [0.05, 0.1) is 11.5 Å². The summed E-state index contributed by atoms with van der Waals surface area (Å²) in [4.78, 5) is 0. The van der Waals surface area contributed by atoms with Crippen LogP contribution in [-0.4, -0.2) is 26.5 Å². The molecule has 0 saturated carbocycles. The van der Waals surface area contributed by atoms with Gasteiger partial charge in [0.1, 0.15) is 0 Å². The molecule has 82 valence electrons. The van der Waals surface area contributed by atoms with E-state index in [2.05, 4.69) is 6.07 Å². The highest BCUT2D eigenvalue weighted by Crippen LogP contribution is 2.35. The fourth-order valence-electron chi connectivity index (χ4n) is 2.08. The first-order valence-electron chi connectivity index (χ1n) is 5.11. The minimum absolute atomic E-state index is 0.103. The van der Waals surface area contributed by atoms with Crippen LogP contribution < -0.4 is 5.73 Å². The summed E-state index contributed by atoms with van der Waals surface area (Å²) in [5.41, 5.74) is 7.74. The zero-order valence-electron chi connectivity index (χ0n) is 8.52. The molecule has 0 spiro atoms. The summed E-state index contributed by atoms with van der Waals surface area (Å²) in [6.07, 6.45) is 0.889. The fourth-order valence-corrected chi connectivity index (χ4v) is 3.52. The van der Waals surface area contributed by atoms with Gasteiger partial charge in [-0.3, -0.25) is 0 Å². The van der Waals surface area contributed by atoms with E-state index in [0.29, 0.717) is 0 Å². The minimum Gasteiger partial charge on any atom is -0.329 e. The third-order valence-corrected chi connectivity index (χ3v) is 4.61. The van der Waals surface area contributed by atoms with Crippen molar-refractivity contribution in [3.8, 4) is 0 Å². The Morgan fingerprint density at radius 3 is 2.73 bits per heavy atom. The maximum absolute atomic E-state index is 11.6. The number of sulfone groups is 1. The molecule has 1 unspecified atom stereocenters. The van der Waals surface area contributed by atoms with E-state index in [1.165, 1.54) is 11.1 Å². The molecule has 0 heterocycles. The first-order valence-corrected chi connectivity index (χ1v) is 6.93. The van der Waals surface area contributed by atoms with Crippen LogP contribution in [0.1, 0.15) is 17.0 Å². The molecule has 1 atom stereocenters. The number of rotatable bonds is 4. The van der Waals surface area contributed by atoms with Crippen molar-refractivity contribution in [2.24, 2.45) is 5.73 Å². The largest absolute Gasteiger partial charge is 0.329 e. The predicted molar refractivity (Wildman–Crippen MR) is 60.6 cm³/mol. The van der Waals surface area contributed by atoms with Crippen LogP contribution in [0.3, 0.4) is 0 Å². The second-order valence-electron chi connectivity index (χ2n) is 4.00. The standard InChI is InChI=1S/C11H15NO2S/c12-5-6-15(13,14)8-10-7-9-3-1-2-4-11(9)10/h1-4,10H,5-8,12H2. The first kappa shape index (κ1) is 10.6. The van der Waals surface area contributed by atoms with Gasteiger partial charge < -0.3 is 5.73 Å². The molecule has 1 aromatic rings. The van der Waals surface area contributed by atoms with Crippen LogP contribution in [0.5, 0.6) is 0 Å². The van der Waals surface area contributed by atoms with Crippen molar-refractivity contribution in [3.05, 3.63) is 35.4 Å². The Hall–Kier alpha value is -0.870. The van der Waals surface area contributed by atoms with Gasteiger partial charge in [-0.15, -0.1) is 0 Å². The first-order chi connectivity index (χ1) is 7.12. The molecular weight excluding hydrogens is 210 g/mol. The molecule has 0 amide bonds. The van der Waals surface area contributed by atoms with Gasteiger partial charge in [-0.2, -0.15) is 0 Å². The van der Waals surface area contributed by atoms with Crippen molar-refractivity contribution in [2.75, 3.05) is 18.1 Å². The number of fused-ring (bicyclic) bond motifs is 1. The predicted octanol–water partition coefficient (Wildman–Crippen LogP) is 0.700. The van der Waals surface area contributed by atoms with Gasteiger partial charge in [-0.05, 0) is 17.5 Å². The molecule has 2 rings (SSSR count). The zero-order valence-corrected chi connectivity index (χ0v) is 9.33. The van der Waals surface area contributed by atoms with E-state index in [9.17, 15) is 8.42 Å². The number of benzene rings is 1. The van der Waals surface area contributed by atoms with E-state index in [-0.39, 0.29) is 24.0 Å². The van der Waals surface area contributed by atoms with Crippen LogP contribution in [0.25, 0.3) is 0 Å². The van der Waals surface area contributed by atoms with Gasteiger partial charge in [0.15, 0.2) is 9.84 Å². The lowest BCUT2D eigenvalue weighted by atomic mass is 9.79. The van der Waals surface area contributed by atoms with E-state index in [4.69, 9.17) is 5.73 Å². The number of nitrogens with two attached hydrogens (primary N) is 1. The quantitative estimate of drug-likeness (QED) is 0.820. The number of hydrogen-bond donors (Lipinski definition) is 1. The third kappa shape index (κ3) is 2.21. The zero-order chi connectivity index (χ0) is 10.9. The molecule has 4 heteroatoms. The second kappa shape index (κ2) is 3.94. The van der Waals surface area contributed by atoms with Crippen molar-refractivity contribution < 1.29 is 8.42 Å². The van der Waals surface area contributed by atoms with E-state index in [1.807, 2.05) is 18.2 Å². The lowest BCUT2D eigenvalue weighted by Crippen LogP contribution is -2.28. The summed E-state index contributed by atoms with van der Waals surface area (Å²) in [6.45, 7) is 0.219. The normalized spacial score (nSPS) is 19.4. The molecule has 0 fully saturated rings. The maximum atomic E-state index is 11.6. The molecular formula is C11H15NO2S. The second-order valence-corrected chi connectivity index (χ2v) is 6.23. The molecule has 0 bridgehead atoms. The molecule has 1 aliphatic rings. The Morgan fingerprint density at radius 1 is 1.33 bits per heavy atom. The summed E-state index contributed by atoms with van der Waals surface area (Å²) in [5, 5.41) is 0. The summed E-state index contributed by atoms with van der Waals surface area (Å²) in [7, 11) is -2.96. The summed E-state index contributed by atoms with van der Waals surface area (Å²) in [5.74, 6) is 0.546. The monoisotopic (exact) mass is 225 g/mol. The summed E-state index contributed by atoms with van der Waals surface area (Å²) < 4.78 is 23.1.